The lowest BCUT2D eigenvalue weighted by Crippen LogP contribution is -2.06. The van der Waals surface area contributed by atoms with Gasteiger partial charge < -0.3 is 5.11 Å². The summed E-state index contributed by atoms with van der Waals surface area (Å²) in [7, 11) is 0. The number of aryl methyl sites for hydroxylation is 1. The first kappa shape index (κ1) is 13.2. The maximum Gasteiger partial charge on any atom is 0.129 e. The normalized spacial score (nSPS) is 10.5. The van der Waals surface area contributed by atoms with Crippen molar-refractivity contribution in [2.45, 2.75) is 27.0 Å². The molecular formula is C14H14FN3O. The van der Waals surface area contributed by atoms with Gasteiger partial charge in [-0.2, -0.15) is 10.4 Å². The van der Waals surface area contributed by atoms with E-state index in [1.54, 1.807) is 16.8 Å². The number of benzene rings is 1. The predicted octanol–water partition coefficient (Wildman–Crippen LogP) is 2.05. The number of rotatable bonds is 3. The third kappa shape index (κ3) is 2.49. The van der Waals surface area contributed by atoms with Gasteiger partial charge in [-0.15, -0.1) is 0 Å². The minimum atomic E-state index is -0.419. The van der Waals surface area contributed by atoms with Crippen LogP contribution in [0.3, 0.4) is 0 Å². The largest absolute Gasteiger partial charge is 0.392 e. The van der Waals surface area contributed by atoms with Crippen LogP contribution < -0.4 is 0 Å². The van der Waals surface area contributed by atoms with Crippen LogP contribution in [-0.2, 0) is 13.2 Å². The lowest BCUT2D eigenvalue weighted by Gasteiger charge is -2.06. The summed E-state index contributed by atoms with van der Waals surface area (Å²) in [5.74, 6) is -0.419. The molecule has 1 N–H and O–H groups in total. The van der Waals surface area contributed by atoms with E-state index in [2.05, 4.69) is 5.10 Å². The van der Waals surface area contributed by atoms with Gasteiger partial charge in [-0.1, -0.05) is 6.07 Å². The third-order valence-electron chi connectivity index (χ3n) is 3.19. The summed E-state index contributed by atoms with van der Waals surface area (Å²) >= 11 is 0. The number of hydrogen-bond acceptors (Lipinski definition) is 3. The van der Waals surface area contributed by atoms with Gasteiger partial charge in [0.05, 0.1) is 30.5 Å². The van der Waals surface area contributed by atoms with E-state index in [-0.39, 0.29) is 13.2 Å². The Morgan fingerprint density at radius 2 is 2.16 bits per heavy atom. The highest BCUT2D eigenvalue weighted by Crippen LogP contribution is 2.16. The van der Waals surface area contributed by atoms with Gasteiger partial charge in [0.25, 0.3) is 0 Å². The molecule has 2 aromatic rings. The van der Waals surface area contributed by atoms with Crippen molar-refractivity contribution in [2.24, 2.45) is 0 Å². The highest BCUT2D eigenvalue weighted by Gasteiger charge is 2.12. The molecule has 98 valence electrons. The topological polar surface area (TPSA) is 61.8 Å². The van der Waals surface area contributed by atoms with Gasteiger partial charge in [-0.25, -0.2) is 4.39 Å². The maximum atomic E-state index is 13.8. The molecule has 0 saturated heterocycles. The van der Waals surface area contributed by atoms with E-state index < -0.39 is 5.82 Å². The van der Waals surface area contributed by atoms with Crippen LogP contribution in [0.4, 0.5) is 4.39 Å². The summed E-state index contributed by atoms with van der Waals surface area (Å²) in [5.41, 5.74) is 3.10. The molecule has 0 aliphatic carbocycles. The van der Waals surface area contributed by atoms with Gasteiger partial charge in [0, 0.05) is 16.8 Å². The number of nitriles is 1. The van der Waals surface area contributed by atoms with Crippen molar-refractivity contribution in [1.82, 2.24) is 9.78 Å². The number of nitrogens with zero attached hydrogens (tertiary/aromatic N) is 3. The Kier molecular flexibility index (Phi) is 3.63. The molecule has 0 unspecified atom stereocenters. The van der Waals surface area contributed by atoms with E-state index >= 15 is 0 Å². The quantitative estimate of drug-likeness (QED) is 0.917. The molecule has 0 amide bonds. The molecule has 0 aliphatic heterocycles. The smallest absolute Gasteiger partial charge is 0.129 e. The summed E-state index contributed by atoms with van der Waals surface area (Å²) in [6.45, 7) is 3.86. The highest BCUT2D eigenvalue weighted by atomic mass is 19.1. The molecular weight excluding hydrogens is 245 g/mol. The molecule has 0 radical (unpaired) electrons. The van der Waals surface area contributed by atoms with Crippen molar-refractivity contribution in [2.75, 3.05) is 0 Å². The van der Waals surface area contributed by atoms with Crippen LogP contribution in [0.15, 0.2) is 18.2 Å². The fourth-order valence-corrected chi connectivity index (χ4v) is 2.02. The summed E-state index contributed by atoms with van der Waals surface area (Å²) in [5, 5.41) is 22.2. The lowest BCUT2D eigenvalue weighted by atomic mass is 10.1. The molecule has 0 saturated carbocycles. The van der Waals surface area contributed by atoms with Crippen molar-refractivity contribution in [1.29, 1.82) is 5.26 Å². The maximum absolute atomic E-state index is 13.8. The molecule has 4 nitrogen and oxygen atoms in total. The molecule has 0 fully saturated rings. The fraction of sp³-hybridized carbons (Fsp3) is 0.286. The summed E-state index contributed by atoms with van der Waals surface area (Å²) < 4.78 is 15.5. The zero-order chi connectivity index (χ0) is 14.0. The number of hydrogen-bond donors (Lipinski definition) is 1. The van der Waals surface area contributed by atoms with Gasteiger partial charge in [0.15, 0.2) is 0 Å². The molecule has 0 atom stereocenters. The highest BCUT2D eigenvalue weighted by molar-refractivity contribution is 5.33. The van der Waals surface area contributed by atoms with Crippen molar-refractivity contribution in [3.05, 3.63) is 52.1 Å². The Hall–Kier alpha value is -2.19. The monoisotopic (exact) mass is 259 g/mol. The zero-order valence-corrected chi connectivity index (χ0v) is 10.8. The van der Waals surface area contributed by atoms with Crippen molar-refractivity contribution in [3.8, 4) is 6.07 Å². The summed E-state index contributed by atoms with van der Waals surface area (Å²) in [6, 6.07) is 6.28. The Balaban J connectivity index is 2.34. The fourth-order valence-electron chi connectivity index (χ4n) is 2.02. The van der Waals surface area contributed by atoms with Crippen LogP contribution in [0.5, 0.6) is 0 Å². The minimum absolute atomic E-state index is 0.0759. The van der Waals surface area contributed by atoms with Crippen LogP contribution in [0, 0.1) is 31.0 Å². The predicted molar refractivity (Wildman–Crippen MR) is 67.8 cm³/mol. The standard InChI is InChI=1S/C14H14FN3O/c1-9-13(8-19)10(2)18(17-9)7-12-4-3-11(6-16)5-14(12)15/h3-5,19H,7-8H2,1-2H3. The van der Waals surface area contributed by atoms with Gasteiger partial charge in [0.1, 0.15) is 5.82 Å². The van der Waals surface area contributed by atoms with Gasteiger partial charge >= 0.3 is 0 Å². The van der Waals surface area contributed by atoms with Crippen LogP contribution in [-0.4, -0.2) is 14.9 Å². The van der Waals surface area contributed by atoms with E-state index in [9.17, 15) is 9.50 Å². The SMILES string of the molecule is Cc1nn(Cc2ccc(C#N)cc2F)c(C)c1CO. The van der Waals surface area contributed by atoms with Crippen molar-refractivity contribution >= 4 is 0 Å². The summed E-state index contributed by atoms with van der Waals surface area (Å²) in [6.07, 6.45) is 0. The minimum Gasteiger partial charge on any atom is -0.392 e. The number of aliphatic hydroxyl groups excluding tert-OH is 1. The molecule has 0 aliphatic rings. The van der Waals surface area contributed by atoms with Crippen LogP contribution in [0.25, 0.3) is 0 Å². The van der Waals surface area contributed by atoms with E-state index in [1.807, 2.05) is 19.9 Å². The van der Waals surface area contributed by atoms with Crippen molar-refractivity contribution < 1.29 is 9.50 Å². The van der Waals surface area contributed by atoms with Crippen molar-refractivity contribution in [3.63, 3.8) is 0 Å². The molecule has 1 aromatic carbocycles. The Labute approximate surface area is 110 Å². The van der Waals surface area contributed by atoms with Crippen LogP contribution in [0.2, 0.25) is 0 Å². The number of halogens is 1. The average Bonchev–Trinajstić information content (AvgIpc) is 2.66. The van der Waals surface area contributed by atoms with Crippen LogP contribution >= 0.6 is 0 Å². The average molecular weight is 259 g/mol. The molecule has 2 rings (SSSR count). The Bertz CT molecular complexity index is 655. The van der Waals surface area contributed by atoms with Crippen LogP contribution in [0.1, 0.15) is 28.1 Å². The molecule has 0 spiro atoms. The molecule has 1 aromatic heterocycles. The molecule has 0 bridgehead atoms. The third-order valence-corrected chi connectivity index (χ3v) is 3.19. The lowest BCUT2D eigenvalue weighted by molar-refractivity contribution is 0.280. The van der Waals surface area contributed by atoms with E-state index in [1.165, 1.54) is 6.07 Å². The second kappa shape index (κ2) is 5.21. The Morgan fingerprint density at radius 3 is 2.68 bits per heavy atom. The van der Waals surface area contributed by atoms with E-state index in [0.29, 0.717) is 11.1 Å². The Morgan fingerprint density at radius 1 is 1.42 bits per heavy atom. The first-order valence-electron chi connectivity index (χ1n) is 5.89. The zero-order valence-electron chi connectivity index (χ0n) is 10.8. The molecule has 5 heteroatoms. The first-order chi connectivity index (χ1) is 9.06. The van der Waals surface area contributed by atoms with Gasteiger partial charge in [-0.05, 0) is 26.0 Å². The van der Waals surface area contributed by atoms with Gasteiger partial charge in [0.2, 0.25) is 0 Å². The molecule has 1 heterocycles. The number of aliphatic hydroxyl groups is 1. The van der Waals surface area contributed by atoms with E-state index in [4.69, 9.17) is 5.26 Å². The first-order valence-corrected chi connectivity index (χ1v) is 5.89. The van der Waals surface area contributed by atoms with E-state index in [0.717, 1.165) is 17.0 Å². The van der Waals surface area contributed by atoms with Gasteiger partial charge in [-0.3, -0.25) is 4.68 Å². The second-order valence-corrected chi connectivity index (χ2v) is 4.38. The summed E-state index contributed by atoms with van der Waals surface area (Å²) in [4.78, 5) is 0. The molecule has 19 heavy (non-hydrogen) atoms. The second-order valence-electron chi connectivity index (χ2n) is 4.38. The number of aromatic nitrogens is 2.